The molecule has 0 aliphatic carbocycles. The molecule has 0 spiro atoms. The zero-order chi connectivity index (χ0) is 25.3. The summed E-state index contributed by atoms with van der Waals surface area (Å²) in [4.78, 5) is 24.3. The zero-order valence-electron chi connectivity index (χ0n) is 20.7. The summed E-state index contributed by atoms with van der Waals surface area (Å²) < 4.78 is 4.74. The summed E-state index contributed by atoms with van der Waals surface area (Å²) in [6, 6.07) is 21.9. The first-order chi connectivity index (χ1) is 16.8. The van der Waals surface area contributed by atoms with Gasteiger partial charge in [0, 0.05) is 19.1 Å². The number of carbonyl (C=O) groups is 2. The number of rotatable bonds is 8. The molecule has 3 aromatic carbocycles. The Labute approximate surface area is 207 Å². The number of methoxy groups -OCH3 is 1. The van der Waals surface area contributed by atoms with E-state index in [1.54, 1.807) is 38.1 Å². The number of ether oxygens (including phenoxy) is 1. The van der Waals surface area contributed by atoms with E-state index in [9.17, 15) is 9.59 Å². The van der Waals surface area contributed by atoms with Crippen LogP contribution in [-0.2, 0) is 16.1 Å². The second-order valence-corrected chi connectivity index (χ2v) is 8.87. The molecular weight excluding hydrogens is 436 g/mol. The minimum absolute atomic E-state index is 0.176. The van der Waals surface area contributed by atoms with Gasteiger partial charge in [0.2, 0.25) is 5.91 Å². The molecule has 0 bridgehead atoms. The molecule has 0 unspecified atom stereocenters. The van der Waals surface area contributed by atoms with Crippen LogP contribution in [0.25, 0.3) is 10.8 Å². The standard InChI is InChI=1S/C30H32N2O3/c1-22(26-17-11-14-24-13-6-7-16-27(24)26)31-19-9-5-8-18-30(2,3)29(34)32-21-23-12-10-15-25(20-23)28(33)35-4/h5-7,9-17,20,22,31H,19,21H2,1-4H3,(H,32,34)/t22-/m1/s1. The molecular formula is C30H32N2O3. The van der Waals surface area contributed by atoms with E-state index in [0.717, 1.165) is 5.56 Å². The molecule has 0 saturated heterocycles. The van der Waals surface area contributed by atoms with Gasteiger partial charge in [0.25, 0.3) is 0 Å². The lowest BCUT2D eigenvalue weighted by Crippen LogP contribution is -2.35. The van der Waals surface area contributed by atoms with Crippen LogP contribution in [-0.4, -0.2) is 25.5 Å². The molecule has 1 amide bonds. The summed E-state index contributed by atoms with van der Waals surface area (Å²) in [6.45, 7) is 6.70. The highest BCUT2D eigenvalue weighted by molar-refractivity contribution is 5.89. The van der Waals surface area contributed by atoms with Crippen LogP contribution in [0.4, 0.5) is 0 Å². The van der Waals surface area contributed by atoms with E-state index < -0.39 is 11.4 Å². The van der Waals surface area contributed by atoms with E-state index in [0.29, 0.717) is 18.7 Å². The Bertz CT molecular complexity index is 1280. The number of amides is 1. The number of hydrogen-bond acceptors (Lipinski definition) is 4. The number of carbonyl (C=O) groups excluding carboxylic acids is 2. The van der Waals surface area contributed by atoms with Crippen molar-refractivity contribution in [2.24, 2.45) is 5.41 Å². The molecule has 0 aromatic heterocycles. The highest BCUT2D eigenvalue weighted by Gasteiger charge is 2.24. The molecule has 0 heterocycles. The highest BCUT2D eigenvalue weighted by atomic mass is 16.5. The Morgan fingerprint density at radius 1 is 1.06 bits per heavy atom. The number of esters is 1. The lowest BCUT2D eigenvalue weighted by Gasteiger charge is -2.17. The minimum Gasteiger partial charge on any atom is -0.465 e. The van der Waals surface area contributed by atoms with Crippen molar-refractivity contribution < 1.29 is 14.3 Å². The second-order valence-electron chi connectivity index (χ2n) is 8.87. The maximum atomic E-state index is 12.6. The molecule has 0 saturated carbocycles. The van der Waals surface area contributed by atoms with Gasteiger partial charge in [-0.3, -0.25) is 4.79 Å². The van der Waals surface area contributed by atoms with Crippen molar-refractivity contribution >= 4 is 22.6 Å². The molecule has 180 valence electrons. The molecule has 5 nitrogen and oxygen atoms in total. The van der Waals surface area contributed by atoms with Crippen molar-refractivity contribution in [1.82, 2.24) is 10.6 Å². The molecule has 5 heteroatoms. The van der Waals surface area contributed by atoms with Crippen molar-refractivity contribution in [3.63, 3.8) is 0 Å². The van der Waals surface area contributed by atoms with E-state index in [2.05, 4.69) is 71.9 Å². The van der Waals surface area contributed by atoms with E-state index in [4.69, 9.17) is 4.74 Å². The van der Waals surface area contributed by atoms with Crippen LogP contribution in [0.15, 0.2) is 78.9 Å². The van der Waals surface area contributed by atoms with Crippen LogP contribution in [0.1, 0.15) is 48.3 Å². The fourth-order valence-electron chi connectivity index (χ4n) is 3.71. The first-order valence-corrected chi connectivity index (χ1v) is 11.7. The second kappa shape index (κ2) is 12.0. The van der Waals surface area contributed by atoms with Gasteiger partial charge in [-0.15, -0.1) is 0 Å². The molecule has 0 fully saturated rings. The third-order valence-electron chi connectivity index (χ3n) is 5.79. The summed E-state index contributed by atoms with van der Waals surface area (Å²) in [5, 5.41) is 8.88. The Balaban J connectivity index is 1.50. The number of allylic oxidation sites excluding steroid dienone is 1. The van der Waals surface area contributed by atoms with Gasteiger partial charge in [0.05, 0.1) is 12.7 Å². The molecule has 1 atom stereocenters. The maximum Gasteiger partial charge on any atom is 0.337 e. The predicted octanol–water partition coefficient (Wildman–Crippen LogP) is 5.18. The first-order valence-electron chi connectivity index (χ1n) is 11.7. The summed E-state index contributed by atoms with van der Waals surface area (Å²) in [5.41, 5.74) is 1.68. The summed E-state index contributed by atoms with van der Waals surface area (Å²) in [7, 11) is 1.34. The quantitative estimate of drug-likeness (QED) is 0.353. The highest BCUT2D eigenvalue weighted by Crippen LogP contribution is 2.23. The Kier molecular flexibility index (Phi) is 8.83. The molecule has 0 aliphatic rings. The van der Waals surface area contributed by atoms with E-state index in [1.807, 2.05) is 12.1 Å². The number of hydrogen-bond donors (Lipinski definition) is 2. The van der Waals surface area contributed by atoms with Gasteiger partial charge < -0.3 is 15.4 Å². The summed E-state index contributed by atoms with van der Waals surface area (Å²) in [5.74, 6) is 5.43. The third kappa shape index (κ3) is 7.05. The molecule has 0 radical (unpaired) electrons. The number of nitrogens with one attached hydrogen (secondary N) is 2. The van der Waals surface area contributed by atoms with Crippen molar-refractivity contribution in [2.75, 3.05) is 13.7 Å². The van der Waals surface area contributed by atoms with E-state index in [-0.39, 0.29) is 11.9 Å². The van der Waals surface area contributed by atoms with Crippen molar-refractivity contribution in [3.8, 4) is 11.8 Å². The lowest BCUT2D eigenvalue weighted by molar-refractivity contribution is -0.126. The van der Waals surface area contributed by atoms with Gasteiger partial charge in [0.1, 0.15) is 5.41 Å². The van der Waals surface area contributed by atoms with Crippen molar-refractivity contribution in [1.29, 1.82) is 0 Å². The normalized spacial score (nSPS) is 12.1. The minimum atomic E-state index is -0.853. The Hall–Kier alpha value is -3.88. The van der Waals surface area contributed by atoms with Crippen LogP contribution < -0.4 is 10.6 Å². The average Bonchev–Trinajstić information content (AvgIpc) is 2.88. The van der Waals surface area contributed by atoms with Crippen LogP contribution >= 0.6 is 0 Å². The lowest BCUT2D eigenvalue weighted by atomic mass is 9.93. The van der Waals surface area contributed by atoms with Crippen molar-refractivity contribution in [3.05, 3.63) is 95.6 Å². The van der Waals surface area contributed by atoms with Crippen molar-refractivity contribution in [2.45, 2.75) is 33.4 Å². The van der Waals surface area contributed by atoms with Gasteiger partial charge in [-0.25, -0.2) is 4.79 Å². The Morgan fingerprint density at radius 2 is 1.80 bits per heavy atom. The number of fused-ring (bicyclic) bond motifs is 1. The molecule has 3 aromatic rings. The van der Waals surface area contributed by atoms with E-state index in [1.165, 1.54) is 23.4 Å². The van der Waals surface area contributed by atoms with Gasteiger partial charge in [-0.2, -0.15) is 0 Å². The average molecular weight is 469 g/mol. The van der Waals surface area contributed by atoms with Crippen LogP contribution in [0.5, 0.6) is 0 Å². The molecule has 3 rings (SSSR count). The SMILES string of the molecule is COC(=O)c1cccc(CNC(=O)C(C)(C)C#CC=CCN[C@H](C)c2cccc3ccccc23)c1. The Morgan fingerprint density at radius 3 is 2.60 bits per heavy atom. The van der Waals surface area contributed by atoms with E-state index >= 15 is 0 Å². The molecule has 2 N–H and O–H groups in total. The monoisotopic (exact) mass is 468 g/mol. The zero-order valence-corrected chi connectivity index (χ0v) is 20.7. The van der Waals surface area contributed by atoms with Gasteiger partial charge >= 0.3 is 5.97 Å². The summed E-state index contributed by atoms with van der Waals surface area (Å²) >= 11 is 0. The fraction of sp³-hybridized carbons (Fsp3) is 0.267. The largest absolute Gasteiger partial charge is 0.465 e. The number of benzene rings is 3. The molecule has 35 heavy (non-hydrogen) atoms. The fourth-order valence-corrected chi connectivity index (χ4v) is 3.71. The van der Waals surface area contributed by atoms with Crippen LogP contribution in [0, 0.1) is 17.3 Å². The maximum absolute atomic E-state index is 12.6. The molecule has 0 aliphatic heterocycles. The first kappa shape index (κ1) is 25.7. The third-order valence-corrected chi connectivity index (χ3v) is 5.79. The van der Waals surface area contributed by atoms with Crippen LogP contribution in [0.2, 0.25) is 0 Å². The predicted molar refractivity (Wildman–Crippen MR) is 141 cm³/mol. The summed E-state index contributed by atoms with van der Waals surface area (Å²) in [6.07, 6.45) is 3.73. The van der Waals surface area contributed by atoms with Crippen LogP contribution in [0.3, 0.4) is 0 Å². The van der Waals surface area contributed by atoms with Gasteiger partial charge in [0.15, 0.2) is 0 Å². The van der Waals surface area contributed by atoms with Gasteiger partial charge in [-0.1, -0.05) is 72.5 Å². The topological polar surface area (TPSA) is 67.4 Å². The van der Waals surface area contributed by atoms with Gasteiger partial charge in [-0.05, 0) is 60.9 Å². The smallest absolute Gasteiger partial charge is 0.337 e.